The van der Waals surface area contributed by atoms with E-state index < -0.39 is 35.4 Å². The van der Waals surface area contributed by atoms with Crippen molar-refractivity contribution in [3.63, 3.8) is 0 Å². The lowest BCUT2D eigenvalue weighted by Gasteiger charge is -2.37. The van der Waals surface area contributed by atoms with Crippen molar-refractivity contribution in [2.45, 2.75) is 37.5 Å². The standard InChI is InChI=1S/C20H15F5N4O2/c21-17(22)15-8-16(30)29(10-26-15)9-12-3-4-13-14(7-12)27-18(31)28-19(13,20(23,24)25)6-5-11-1-2-11/h3-4,7-8,10-11,17H,1-2,9H2,(H2,27,28,31). The summed E-state index contributed by atoms with van der Waals surface area (Å²) in [6.07, 6.45) is -5.42. The third-order valence-electron chi connectivity index (χ3n) is 4.98. The fourth-order valence-electron chi connectivity index (χ4n) is 3.22. The van der Waals surface area contributed by atoms with Gasteiger partial charge in [-0.3, -0.25) is 9.36 Å². The lowest BCUT2D eigenvalue weighted by atomic mass is 9.85. The summed E-state index contributed by atoms with van der Waals surface area (Å²) in [5.74, 6) is 4.70. The third-order valence-corrected chi connectivity index (χ3v) is 4.98. The highest BCUT2D eigenvalue weighted by Crippen LogP contribution is 2.44. The molecule has 2 amide bonds. The van der Waals surface area contributed by atoms with Gasteiger partial charge in [0.2, 0.25) is 5.54 Å². The monoisotopic (exact) mass is 438 g/mol. The SMILES string of the molecule is O=C1Nc2cc(Cn3cnc(C(F)F)cc3=O)ccc2C(C#CC2CC2)(C(F)(F)F)N1. The van der Waals surface area contributed by atoms with Crippen LogP contribution in [-0.2, 0) is 12.1 Å². The van der Waals surface area contributed by atoms with Crippen LogP contribution >= 0.6 is 0 Å². The first-order valence-corrected chi connectivity index (χ1v) is 9.25. The molecule has 1 aromatic carbocycles. The van der Waals surface area contributed by atoms with Crippen molar-refractivity contribution in [3.05, 3.63) is 57.8 Å². The number of alkyl halides is 5. The van der Waals surface area contributed by atoms with E-state index in [-0.39, 0.29) is 23.7 Å². The Bertz CT molecular complexity index is 1160. The molecule has 0 spiro atoms. The van der Waals surface area contributed by atoms with Gasteiger partial charge in [0.15, 0.2) is 0 Å². The predicted molar refractivity (Wildman–Crippen MR) is 99.4 cm³/mol. The number of aromatic nitrogens is 2. The van der Waals surface area contributed by atoms with Crippen LogP contribution in [0, 0.1) is 17.8 Å². The Hall–Kier alpha value is -3.42. The molecule has 1 unspecified atom stereocenters. The molecule has 6 nitrogen and oxygen atoms in total. The molecule has 2 N–H and O–H groups in total. The Kier molecular flexibility index (Phi) is 4.95. The number of amides is 2. The van der Waals surface area contributed by atoms with Gasteiger partial charge in [0.1, 0.15) is 5.69 Å². The molecule has 2 aromatic rings. The zero-order chi connectivity index (χ0) is 22.4. The van der Waals surface area contributed by atoms with Crippen LogP contribution in [0.1, 0.15) is 36.1 Å². The van der Waals surface area contributed by atoms with E-state index in [1.54, 1.807) is 0 Å². The maximum atomic E-state index is 14.1. The van der Waals surface area contributed by atoms with Gasteiger partial charge in [-0.2, -0.15) is 13.2 Å². The van der Waals surface area contributed by atoms with E-state index in [9.17, 15) is 31.5 Å². The normalized spacial score (nSPS) is 20.4. The van der Waals surface area contributed by atoms with Crippen LogP contribution in [0.3, 0.4) is 0 Å². The number of nitrogens with one attached hydrogen (secondary N) is 2. The number of rotatable bonds is 3. The van der Waals surface area contributed by atoms with Crippen LogP contribution in [0.5, 0.6) is 0 Å². The molecule has 2 aliphatic rings. The molecule has 31 heavy (non-hydrogen) atoms. The number of halogens is 5. The van der Waals surface area contributed by atoms with Gasteiger partial charge in [0.05, 0.1) is 12.9 Å². The van der Waals surface area contributed by atoms with E-state index in [0.717, 1.165) is 10.9 Å². The highest BCUT2D eigenvalue weighted by Gasteiger charge is 2.59. The number of hydrogen-bond acceptors (Lipinski definition) is 3. The Morgan fingerprint density at radius 1 is 1.23 bits per heavy atom. The second kappa shape index (κ2) is 7.37. The zero-order valence-electron chi connectivity index (χ0n) is 15.8. The highest BCUT2D eigenvalue weighted by atomic mass is 19.4. The number of nitrogens with zero attached hydrogens (tertiary/aromatic N) is 2. The molecule has 4 rings (SSSR count). The Morgan fingerprint density at radius 3 is 2.58 bits per heavy atom. The number of fused-ring (bicyclic) bond motifs is 1. The zero-order valence-corrected chi connectivity index (χ0v) is 15.8. The van der Waals surface area contributed by atoms with Crippen molar-refractivity contribution in [2.75, 3.05) is 5.32 Å². The second-order valence-electron chi connectivity index (χ2n) is 7.33. The quantitative estimate of drug-likeness (QED) is 0.569. The molecule has 1 aliphatic heterocycles. The minimum atomic E-state index is -4.88. The van der Waals surface area contributed by atoms with Gasteiger partial charge in [-0.25, -0.2) is 18.6 Å². The van der Waals surface area contributed by atoms with E-state index in [1.165, 1.54) is 18.2 Å². The van der Waals surface area contributed by atoms with Gasteiger partial charge >= 0.3 is 12.2 Å². The summed E-state index contributed by atoms with van der Waals surface area (Å²) in [4.78, 5) is 27.6. The minimum Gasteiger partial charge on any atom is -0.310 e. The van der Waals surface area contributed by atoms with E-state index in [1.807, 2.05) is 5.32 Å². The molecule has 1 fully saturated rings. The summed E-state index contributed by atoms with van der Waals surface area (Å²) >= 11 is 0. The van der Waals surface area contributed by atoms with Crippen molar-refractivity contribution in [3.8, 4) is 11.8 Å². The maximum absolute atomic E-state index is 14.1. The van der Waals surface area contributed by atoms with Crippen LogP contribution in [0.25, 0.3) is 0 Å². The van der Waals surface area contributed by atoms with Crippen molar-refractivity contribution >= 4 is 11.7 Å². The first-order chi connectivity index (χ1) is 14.6. The average molecular weight is 438 g/mol. The summed E-state index contributed by atoms with van der Waals surface area (Å²) < 4.78 is 68.5. The van der Waals surface area contributed by atoms with Crippen LogP contribution < -0.4 is 16.2 Å². The van der Waals surface area contributed by atoms with Crippen molar-refractivity contribution in [1.82, 2.24) is 14.9 Å². The fraction of sp³-hybridized carbons (Fsp3) is 0.350. The van der Waals surface area contributed by atoms with Crippen molar-refractivity contribution in [2.24, 2.45) is 5.92 Å². The molecule has 1 atom stereocenters. The molecular weight excluding hydrogens is 423 g/mol. The average Bonchev–Trinajstić information content (AvgIpc) is 3.50. The number of carbonyl (C=O) groups excluding carboxylic acids is 1. The Balaban J connectivity index is 1.72. The molecule has 0 radical (unpaired) electrons. The van der Waals surface area contributed by atoms with E-state index in [4.69, 9.17) is 0 Å². The summed E-state index contributed by atoms with van der Waals surface area (Å²) in [6.45, 7) is -0.140. The number of benzene rings is 1. The summed E-state index contributed by atoms with van der Waals surface area (Å²) in [5.41, 5.74) is -4.28. The molecule has 0 bridgehead atoms. The molecule has 1 saturated carbocycles. The molecule has 11 heteroatoms. The Morgan fingerprint density at radius 2 is 1.97 bits per heavy atom. The fourth-order valence-corrected chi connectivity index (χ4v) is 3.22. The van der Waals surface area contributed by atoms with Crippen molar-refractivity contribution in [1.29, 1.82) is 0 Å². The van der Waals surface area contributed by atoms with Gasteiger partial charge in [-0.1, -0.05) is 24.0 Å². The predicted octanol–water partition coefficient (Wildman–Crippen LogP) is 3.54. The molecule has 162 valence electrons. The van der Waals surface area contributed by atoms with Crippen LogP contribution in [0.15, 0.2) is 35.4 Å². The van der Waals surface area contributed by atoms with Gasteiger partial charge in [-0.15, -0.1) is 0 Å². The number of urea groups is 1. The van der Waals surface area contributed by atoms with Gasteiger partial charge < -0.3 is 10.6 Å². The topological polar surface area (TPSA) is 76.0 Å². The molecule has 1 aliphatic carbocycles. The van der Waals surface area contributed by atoms with E-state index in [0.29, 0.717) is 24.5 Å². The molecule has 0 saturated heterocycles. The first kappa shape index (κ1) is 20.8. The number of carbonyl (C=O) groups is 1. The maximum Gasteiger partial charge on any atom is 0.427 e. The number of anilines is 1. The Labute approximate surface area is 172 Å². The van der Waals surface area contributed by atoms with Crippen LogP contribution in [0.4, 0.5) is 32.4 Å². The largest absolute Gasteiger partial charge is 0.427 e. The van der Waals surface area contributed by atoms with Gasteiger partial charge in [-0.05, 0) is 24.5 Å². The van der Waals surface area contributed by atoms with Crippen LogP contribution in [-0.4, -0.2) is 21.8 Å². The lowest BCUT2D eigenvalue weighted by Crippen LogP contribution is -2.59. The molecule has 2 heterocycles. The molecule has 1 aromatic heterocycles. The lowest BCUT2D eigenvalue weighted by molar-refractivity contribution is -0.178. The molecular formula is C20H15F5N4O2. The summed E-state index contributed by atoms with van der Waals surface area (Å²) in [5, 5.41) is 4.25. The highest BCUT2D eigenvalue weighted by molar-refractivity contribution is 5.95. The summed E-state index contributed by atoms with van der Waals surface area (Å²) in [6, 6.07) is 3.45. The smallest absolute Gasteiger partial charge is 0.310 e. The number of hydrogen-bond donors (Lipinski definition) is 2. The van der Waals surface area contributed by atoms with Crippen LogP contribution in [0.2, 0.25) is 0 Å². The van der Waals surface area contributed by atoms with E-state index in [2.05, 4.69) is 22.1 Å². The van der Waals surface area contributed by atoms with Gasteiger partial charge in [0, 0.05) is 23.2 Å². The first-order valence-electron chi connectivity index (χ1n) is 9.25. The summed E-state index contributed by atoms with van der Waals surface area (Å²) in [7, 11) is 0. The van der Waals surface area contributed by atoms with Crippen molar-refractivity contribution < 1.29 is 26.7 Å². The van der Waals surface area contributed by atoms with E-state index >= 15 is 0 Å². The third kappa shape index (κ3) is 3.97. The minimum absolute atomic E-state index is 0.103. The van der Waals surface area contributed by atoms with Gasteiger partial charge in [0.25, 0.3) is 12.0 Å². The second-order valence-corrected chi connectivity index (χ2v) is 7.33.